The van der Waals surface area contributed by atoms with E-state index < -0.39 is 0 Å². The van der Waals surface area contributed by atoms with Gasteiger partial charge in [-0.1, -0.05) is 36.4 Å². The molecule has 3 rings (SSSR count). The lowest BCUT2D eigenvalue weighted by Gasteiger charge is -2.18. The second-order valence-corrected chi connectivity index (χ2v) is 5.55. The molecule has 0 fully saturated rings. The molecule has 0 bridgehead atoms. The number of aryl methyl sites for hydroxylation is 3. The first kappa shape index (κ1) is 13.9. The Bertz CT molecular complexity index is 769. The first-order valence-electron chi connectivity index (χ1n) is 7.13. The summed E-state index contributed by atoms with van der Waals surface area (Å²) in [7, 11) is 0. The van der Waals surface area contributed by atoms with Gasteiger partial charge in [0.1, 0.15) is 17.4 Å². The molecular weight excluding hydrogens is 260 g/mol. The van der Waals surface area contributed by atoms with Gasteiger partial charge in [-0.2, -0.15) is 0 Å². The monoisotopic (exact) mass is 280 g/mol. The van der Waals surface area contributed by atoms with Crippen molar-refractivity contribution in [2.75, 3.05) is 0 Å². The Kier molecular flexibility index (Phi) is 3.53. The molecule has 0 aliphatic heterocycles. The maximum atomic E-state index is 6.07. The van der Waals surface area contributed by atoms with E-state index in [2.05, 4.69) is 62.6 Å². The van der Waals surface area contributed by atoms with E-state index in [0.29, 0.717) is 0 Å². The number of hydrazine groups is 1. The van der Waals surface area contributed by atoms with Gasteiger partial charge >= 0.3 is 0 Å². The van der Waals surface area contributed by atoms with Crippen molar-refractivity contribution in [3.05, 3.63) is 70.5 Å². The fraction of sp³-hybridized carbons (Fsp3) is 0.222. The quantitative estimate of drug-likeness (QED) is 0.565. The minimum Gasteiger partial charge on any atom is -0.459 e. The van der Waals surface area contributed by atoms with Gasteiger partial charge in [0.25, 0.3) is 0 Å². The van der Waals surface area contributed by atoms with Gasteiger partial charge in [0.2, 0.25) is 0 Å². The summed E-state index contributed by atoms with van der Waals surface area (Å²) >= 11 is 0. The lowest BCUT2D eigenvalue weighted by Crippen LogP contribution is -2.29. The summed E-state index contributed by atoms with van der Waals surface area (Å²) in [5.74, 6) is 6.67. The number of fused-ring (bicyclic) bond motifs is 1. The van der Waals surface area contributed by atoms with Gasteiger partial charge in [-0.25, -0.2) is 5.43 Å². The molecule has 1 aromatic heterocycles. The van der Waals surface area contributed by atoms with E-state index in [4.69, 9.17) is 10.3 Å². The van der Waals surface area contributed by atoms with Crippen molar-refractivity contribution in [2.45, 2.75) is 26.8 Å². The summed E-state index contributed by atoms with van der Waals surface area (Å²) in [6.45, 7) is 6.25. The SMILES string of the molecule is Cc1cccc(C)c1C(NN)c1cc2cccc(C)c2o1. The van der Waals surface area contributed by atoms with E-state index in [0.717, 1.165) is 22.3 Å². The molecule has 1 heterocycles. The molecule has 3 heteroatoms. The fourth-order valence-corrected chi connectivity index (χ4v) is 2.96. The number of benzene rings is 2. The number of hydrogen-bond donors (Lipinski definition) is 2. The van der Waals surface area contributed by atoms with Gasteiger partial charge in [0.05, 0.1) is 0 Å². The van der Waals surface area contributed by atoms with Gasteiger partial charge in [-0.05, 0) is 49.1 Å². The van der Waals surface area contributed by atoms with Crippen molar-refractivity contribution in [3.8, 4) is 0 Å². The van der Waals surface area contributed by atoms with Crippen LogP contribution in [0, 0.1) is 20.8 Å². The number of nitrogens with two attached hydrogens (primary N) is 1. The predicted octanol–water partition coefficient (Wildman–Crippen LogP) is 3.91. The van der Waals surface area contributed by atoms with Gasteiger partial charge < -0.3 is 4.42 Å². The third-order valence-electron chi connectivity index (χ3n) is 4.04. The number of furan rings is 1. The fourth-order valence-electron chi connectivity index (χ4n) is 2.96. The van der Waals surface area contributed by atoms with Crippen molar-refractivity contribution in [2.24, 2.45) is 5.84 Å². The van der Waals surface area contributed by atoms with E-state index in [1.165, 1.54) is 16.7 Å². The molecule has 3 nitrogen and oxygen atoms in total. The standard InChI is InChI=1S/C18H20N2O/c1-11-6-4-7-12(2)16(11)17(20-19)15-10-14-9-5-8-13(3)18(14)21-15/h4-10,17,20H,19H2,1-3H3. The zero-order valence-corrected chi connectivity index (χ0v) is 12.6. The third kappa shape index (κ3) is 2.35. The smallest absolute Gasteiger partial charge is 0.137 e. The summed E-state index contributed by atoms with van der Waals surface area (Å²) in [4.78, 5) is 0. The summed E-state index contributed by atoms with van der Waals surface area (Å²) in [5, 5.41) is 1.11. The Balaban J connectivity index is 2.16. The molecule has 21 heavy (non-hydrogen) atoms. The van der Waals surface area contributed by atoms with E-state index in [9.17, 15) is 0 Å². The van der Waals surface area contributed by atoms with E-state index >= 15 is 0 Å². The van der Waals surface area contributed by atoms with Crippen LogP contribution in [0.4, 0.5) is 0 Å². The second kappa shape index (κ2) is 5.35. The number of nitrogens with one attached hydrogen (secondary N) is 1. The van der Waals surface area contributed by atoms with Crippen molar-refractivity contribution < 1.29 is 4.42 Å². The van der Waals surface area contributed by atoms with Gasteiger partial charge in [0, 0.05) is 5.39 Å². The van der Waals surface area contributed by atoms with Crippen molar-refractivity contribution >= 4 is 11.0 Å². The predicted molar refractivity (Wildman–Crippen MR) is 86.0 cm³/mol. The zero-order chi connectivity index (χ0) is 15.0. The third-order valence-corrected chi connectivity index (χ3v) is 4.04. The molecule has 0 spiro atoms. The Morgan fingerprint density at radius 3 is 2.19 bits per heavy atom. The molecule has 1 unspecified atom stereocenters. The number of hydrogen-bond acceptors (Lipinski definition) is 3. The highest BCUT2D eigenvalue weighted by Crippen LogP contribution is 2.32. The largest absolute Gasteiger partial charge is 0.459 e. The highest BCUT2D eigenvalue weighted by atomic mass is 16.3. The first-order chi connectivity index (χ1) is 10.1. The van der Waals surface area contributed by atoms with E-state index in [1.807, 2.05) is 6.07 Å². The highest BCUT2D eigenvalue weighted by molar-refractivity contribution is 5.81. The minimum atomic E-state index is -0.141. The molecule has 0 saturated heterocycles. The van der Waals surface area contributed by atoms with E-state index in [1.54, 1.807) is 0 Å². The second-order valence-electron chi connectivity index (χ2n) is 5.55. The van der Waals surface area contributed by atoms with Crippen LogP contribution in [0.15, 0.2) is 46.9 Å². The van der Waals surface area contributed by atoms with Crippen LogP contribution in [0.1, 0.15) is 34.1 Å². The molecule has 3 aromatic rings. The lowest BCUT2D eigenvalue weighted by atomic mass is 9.95. The van der Waals surface area contributed by atoms with Crippen molar-refractivity contribution in [1.29, 1.82) is 0 Å². The van der Waals surface area contributed by atoms with Gasteiger partial charge in [-0.15, -0.1) is 0 Å². The molecule has 0 aliphatic rings. The molecule has 0 aliphatic carbocycles. The minimum absolute atomic E-state index is 0.141. The maximum Gasteiger partial charge on any atom is 0.137 e. The number of para-hydroxylation sites is 1. The summed E-state index contributed by atoms with van der Waals surface area (Å²) in [6.07, 6.45) is 0. The zero-order valence-electron chi connectivity index (χ0n) is 12.6. The van der Waals surface area contributed by atoms with Crippen LogP contribution >= 0.6 is 0 Å². The number of rotatable bonds is 3. The van der Waals surface area contributed by atoms with Crippen LogP contribution in [0.25, 0.3) is 11.0 Å². The highest BCUT2D eigenvalue weighted by Gasteiger charge is 2.21. The average molecular weight is 280 g/mol. The van der Waals surface area contributed by atoms with Crippen LogP contribution in [-0.2, 0) is 0 Å². The molecule has 108 valence electrons. The van der Waals surface area contributed by atoms with Crippen LogP contribution in [0.5, 0.6) is 0 Å². The molecule has 0 saturated carbocycles. The van der Waals surface area contributed by atoms with Gasteiger partial charge in [-0.3, -0.25) is 5.84 Å². The Hall–Kier alpha value is -2.10. The average Bonchev–Trinajstić information content (AvgIpc) is 2.88. The Morgan fingerprint density at radius 2 is 1.57 bits per heavy atom. The molecule has 2 aromatic carbocycles. The summed E-state index contributed by atoms with van der Waals surface area (Å²) < 4.78 is 6.07. The summed E-state index contributed by atoms with van der Waals surface area (Å²) in [5.41, 5.74) is 8.55. The molecule has 3 N–H and O–H groups in total. The van der Waals surface area contributed by atoms with Crippen LogP contribution in [0.2, 0.25) is 0 Å². The molecule has 0 amide bonds. The van der Waals surface area contributed by atoms with Gasteiger partial charge in [0.15, 0.2) is 0 Å². The Labute approximate surface area is 124 Å². The maximum absolute atomic E-state index is 6.07. The van der Waals surface area contributed by atoms with Crippen molar-refractivity contribution in [1.82, 2.24) is 5.43 Å². The van der Waals surface area contributed by atoms with Crippen LogP contribution < -0.4 is 11.3 Å². The normalized spacial score (nSPS) is 12.8. The van der Waals surface area contributed by atoms with Crippen LogP contribution in [-0.4, -0.2) is 0 Å². The molecular formula is C18H20N2O. The van der Waals surface area contributed by atoms with Crippen LogP contribution in [0.3, 0.4) is 0 Å². The molecule has 1 atom stereocenters. The van der Waals surface area contributed by atoms with Crippen molar-refractivity contribution in [3.63, 3.8) is 0 Å². The first-order valence-corrected chi connectivity index (χ1v) is 7.13. The molecule has 0 radical (unpaired) electrons. The lowest BCUT2D eigenvalue weighted by molar-refractivity contribution is 0.474. The Morgan fingerprint density at radius 1 is 0.952 bits per heavy atom. The topological polar surface area (TPSA) is 51.2 Å². The van der Waals surface area contributed by atoms with E-state index in [-0.39, 0.29) is 6.04 Å². The summed E-state index contributed by atoms with van der Waals surface area (Å²) in [6, 6.07) is 14.3.